The van der Waals surface area contributed by atoms with Gasteiger partial charge < -0.3 is 11.1 Å². The van der Waals surface area contributed by atoms with Gasteiger partial charge in [-0.1, -0.05) is 22.0 Å². The van der Waals surface area contributed by atoms with Crippen LogP contribution in [0.4, 0.5) is 11.4 Å². The lowest BCUT2D eigenvalue weighted by molar-refractivity contribution is 0.102. The second-order valence-electron chi connectivity index (χ2n) is 3.88. The first kappa shape index (κ1) is 13.1. The zero-order chi connectivity index (χ0) is 13.8. The number of carbonyl (C=O) groups is 1. The maximum absolute atomic E-state index is 12.0. The van der Waals surface area contributed by atoms with Crippen molar-refractivity contribution < 1.29 is 4.79 Å². The number of nitrogen functional groups attached to an aromatic ring is 1. The third-order valence-corrected chi connectivity index (χ3v) is 3.01. The number of anilines is 2. The fourth-order valence-corrected chi connectivity index (χ4v) is 1.97. The van der Waals surface area contributed by atoms with E-state index in [1.165, 1.54) is 6.07 Å². The minimum Gasteiger partial charge on any atom is -0.397 e. The second kappa shape index (κ2) is 5.55. The number of carbonyl (C=O) groups excluding carboxylic acids is 1. The molecule has 3 N–H and O–H groups in total. The summed E-state index contributed by atoms with van der Waals surface area (Å²) in [6.07, 6.45) is 0. The second-order valence-corrected chi connectivity index (χ2v) is 4.79. The van der Waals surface area contributed by atoms with E-state index < -0.39 is 0 Å². The van der Waals surface area contributed by atoms with Crippen LogP contribution in [0.15, 0.2) is 46.9 Å². The average Bonchev–Trinajstić information content (AvgIpc) is 2.41. The third kappa shape index (κ3) is 3.12. The fraction of sp³-hybridized carbons (Fsp3) is 0. The SMILES string of the molecule is N#Cc1ccc(NC(=O)c2cccc(Br)c2)c(N)c1. The molecule has 0 atom stereocenters. The van der Waals surface area contributed by atoms with Crippen molar-refractivity contribution in [3.8, 4) is 6.07 Å². The van der Waals surface area contributed by atoms with E-state index in [0.29, 0.717) is 22.5 Å². The van der Waals surface area contributed by atoms with Gasteiger partial charge in [-0.2, -0.15) is 5.26 Å². The van der Waals surface area contributed by atoms with Gasteiger partial charge in [0.05, 0.1) is 23.0 Å². The van der Waals surface area contributed by atoms with Crippen LogP contribution >= 0.6 is 15.9 Å². The van der Waals surface area contributed by atoms with Gasteiger partial charge in [0.15, 0.2) is 0 Å². The molecule has 0 spiro atoms. The van der Waals surface area contributed by atoms with Gasteiger partial charge in [0.2, 0.25) is 0 Å². The summed E-state index contributed by atoms with van der Waals surface area (Å²) in [6, 6.07) is 13.8. The molecule has 5 heteroatoms. The summed E-state index contributed by atoms with van der Waals surface area (Å²) in [7, 11) is 0. The van der Waals surface area contributed by atoms with Crippen LogP contribution in [-0.2, 0) is 0 Å². The smallest absolute Gasteiger partial charge is 0.255 e. The summed E-state index contributed by atoms with van der Waals surface area (Å²) < 4.78 is 0.827. The van der Waals surface area contributed by atoms with Crippen LogP contribution in [0.3, 0.4) is 0 Å². The predicted octanol–water partition coefficient (Wildman–Crippen LogP) is 3.16. The summed E-state index contributed by atoms with van der Waals surface area (Å²) in [5.74, 6) is -0.252. The van der Waals surface area contributed by atoms with Gasteiger partial charge in [-0.05, 0) is 36.4 Å². The summed E-state index contributed by atoms with van der Waals surface area (Å²) in [5, 5.41) is 11.5. The highest BCUT2D eigenvalue weighted by atomic mass is 79.9. The van der Waals surface area contributed by atoms with Crippen molar-refractivity contribution in [3.05, 3.63) is 58.1 Å². The highest BCUT2D eigenvalue weighted by molar-refractivity contribution is 9.10. The monoisotopic (exact) mass is 315 g/mol. The first-order valence-corrected chi connectivity index (χ1v) is 6.26. The molecule has 0 bridgehead atoms. The molecule has 0 aliphatic heterocycles. The molecule has 0 unspecified atom stereocenters. The number of hydrogen-bond acceptors (Lipinski definition) is 3. The van der Waals surface area contributed by atoms with Gasteiger partial charge in [0, 0.05) is 10.0 Å². The van der Waals surface area contributed by atoms with Crippen molar-refractivity contribution in [3.63, 3.8) is 0 Å². The highest BCUT2D eigenvalue weighted by Crippen LogP contribution is 2.21. The Kier molecular flexibility index (Phi) is 3.83. The van der Waals surface area contributed by atoms with E-state index in [4.69, 9.17) is 11.0 Å². The van der Waals surface area contributed by atoms with E-state index in [1.54, 1.807) is 30.3 Å². The van der Waals surface area contributed by atoms with Crippen molar-refractivity contribution in [1.29, 1.82) is 5.26 Å². The van der Waals surface area contributed by atoms with Crippen LogP contribution in [0.2, 0.25) is 0 Å². The molecule has 2 aromatic carbocycles. The molecule has 0 radical (unpaired) electrons. The number of nitriles is 1. The summed E-state index contributed by atoms with van der Waals surface area (Å²) in [6.45, 7) is 0. The molecule has 0 fully saturated rings. The Morgan fingerprint density at radius 3 is 2.68 bits per heavy atom. The fourth-order valence-electron chi connectivity index (χ4n) is 1.57. The molecule has 0 saturated heterocycles. The maximum atomic E-state index is 12.0. The van der Waals surface area contributed by atoms with E-state index in [9.17, 15) is 4.79 Å². The number of amides is 1. The number of benzene rings is 2. The summed E-state index contributed by atoms with van der Waals surface area (Å²) >= 11 is 3.31. The molecule has 0 aliphatic carbocycles. The van der Waals surface area contributed by atoms with Crippen LogP contribution in [0.25, 0.3) is 0 Å². The molecule has 19 heavy (non-hydrogen) atoms. The Morgan fingerprint density at radius 2 is 2.05 bits per heavy atom. The first-order chi connectivity index (χ1) is 9.10. The number of rotatable bonds is 2. The van der Waals surface area contributed by atoms with E-state index in [0.717, 1.165) is 4.47 Å². The van der Waals surface area contributed by atoms with Crippen LogP contribution in [0.5, 0.6) is 0 Å². The average molecular weight is 316 g/mol. The van der Waals surface area contributed by atoms with Crippen LogP contribution < -0.4 is 11.1 Å². The predicted molar refractivity (Wildman–Crippen MR) is 77.7 cm³/mol. The van der Waals surface area contributed by atoms with Crippen molar-refractivity contribution in [2.24, 2.45) is 0 Å². The number of nitrogens with zero attached hydrogens (tertiary/aromatic N) is 1. The molecule has 2 rings (SSSR count). The molecule has 94 valence electrons. The zero-order valence-corrected chi connectivity index (χ0v) is 11.4. The van der Waals surface area contributed by atoms with Gasteiger partial charge >= 0.3 is 0 Å². The van der Waals surface area contributed by atoms with E-state index in [2.05, 4.69) is 21.2 Å². The Bertz CT molecular complexity index is 677. The van der Waals surface area contributed by atoms with Gasteiger partial charge in [0.25, 0.3) is 5.91 Å². The Labute approximate surface area is 119 Å². The molecule has 0 saturated carbocycles. The summed E-state index contributed by atoms with van der Waals surface area (Å²) in [4.78, 5) is 12.0. The van der Waals surface area contributed by atoms with Gasteiger partial charge in [-0.25, -0.2) is 0 Å². The molecule has 0 aromatic heterocycles. The largest absolute Gasteiger partial charge is 0.397 e. The van der Waals surface area contributed by atoms with E-state index in [1.807, 2.05) is 12.1 Å². The Balaban J connectivity index is 2.22. The Morgan fingerprint density at radius 1 is 1.26 bits per heavy atom. The third-order valence-electron chi connectivity index (χ3n) is 2.52. The summed E-state index contributed by atoms with van der Waals surface area (Å²) in [5.41, 5.74) is 7.61. The molecule has 0 aliphatic rings. The highest BCUT2D eigenvalue weighted by Gasteiger charge is 2.08. The number of nitrogens with two attached hydrogens (primary N) is 1. The van der Waals surface area contributed by atoms with Gasteiger partial charge in [-0.15, -0.1) is 0 Å². The molecule has 4 nitrogen and oxygen atoms in total. The standard InChI is InChI=1S/C14H10BrN3O/c15-11-3-1-2-10(7-11)14(19)18-13-5-4-9(8-16)6-12(13)17/h1-7H,17H2,(H,18,19). The molecule has 2 aromatic rings. The zero-order valence-electron chi connectivity index (χ0n) is 9.85. The first-order valence-electron chi connectivity index (χ1n) is 5.46. The minimum absolute atomic E-state index is 0.252. The number of hydrogen-bond donors (Lipinski definition) is 2. The van der Waals surface area contributed by atoms with Gasteiger partial charge in [0.1, 0.15) is 0 Å². The molecule has 1 amide bonds. The lowest BCUT2D eigenvalue weighted by atomic mass is 10.1. The topological polar surface area (TPSA) is 78.9 Å². The van der Waals surface area contributed by atoms with Crippen LogP contribution in [0, 0.1) is 11.3 Å². The number of halogens is 1. The molecular weight excluding hydrogens is 306 g/mol. The molecule has 0 heterocycles. The Hall–Kier alpha value is -2.32. The lowest BCUT2D eigenvalue weighted by Gasteiger charge is -2.08. The van der Waals surface area contributed by atoms with Crippen molar-refractivity contribution in [2.45, 2.75) is 0 Å². The quantitative estimate of drug-likeness (QED) is 0.835. The van der Waals surface area contributed by atoms with Crippen molar-refractivity contribution >= 4 is 33.2 Å². The van der Waals surface area contributed by atoms with Crippen molar-refractivity contribution in [2.75, 3.05) is 11.1 Å². The minimum atomic E-state index is -0.252. The lowest BCUT2D eigenvalue weighted by Crippen LogP contribution is -2.13. The van der Waals surface area contributed by atoms with E-state index >= 15 is 0 Å². The van der Waals surface area contributed by atoms with Crippen LogP contribution in [-0.4, -0.2) is 5.91 Å². The van der Waals surface area contributed by atoms with E-state index in [-0.39, 0.29) is 5.91 Å². The molecular formula is C14H10BrN3O. The van der Waals surface area contributed by atoms with Gasteiger partial charge in [-0.3, -0.25) is 4.79 Å². The van der Waals surface area contributed by atoms with Crippen molar-refractivity contribution in [1.82, 2.24) is 0 Å². The number of nitrogens with one attached hydrogen (secondary N) is 1. The maximum Gasteiger partial charge on any atom is 0.255 e. The van der Waals surface area contributed by atoms with Crippen LogP contribution in [0.1, 0.15) is 15.9 Å². The normalized spacial score (nSPS) is 9.68.